The van der Waals surface area contributed by atoms with Gasteiger partial charge in [-0.1, -0.05) is 28.1 Å². The van der Waals surface area contributed by atoms with Gasteiger partial charge in [0.1, 0.15) is 6.04 Å². The predicted molar refractivity (Wildman–Crippen MR) is 75.1 cm³/mol. The minimum atomic E-state index is -0.259. The zero-order valence-electron chi connectivity index (χ0n) is 10.4. The van der Waals surface area contributed by atoms with Crippen LogP contribution in [-0.4, -0.2) is 36.5 Å². The third kappa shape index (κ3) is 3.10. The lowest BCUT2D eigenvalue weighted by molar-refractivity contribution is -0.124. The smallest absolute Gasteiger partial charge is 0.236 e. The molecule has 1 amide bonds. The van der Waals surface area contributed by atoms with Crippen LogP contribution in [0.1, 0.15) is 11.1 Å². The SMILES string of the molecule is Cc1ccc(CN2CCNCC2C(N)=O)c(Br)c1. The van der Waals surface area contributed by atoms with E-state index in [4.69, 9.17) is 5.73 Å². The van der Waals surface area contributed by atoms with Crippen molar-refractivity contribution in [3.8, 4) is 0 Å². The van der Waals surface area contributed by atoms with Crippen LogP contribution >= 0.6 is 15.9 Å². The molecule has 0 spiro atoms. The first kappa shape index (κ1) is 13.5. The van der Waals surface area contributed by atoms with Gasteiger partial charge in [0.05, 0.1) is 0 Å². The maximum absolute atomic E-state index is 11.4. The molecule has 1 unspecified atom stereocenters. The van der Waals surface area contributed by atoms with Crippen LogP contribution in [0.2, 0.25) is 0 Å². The van der Waals surface area contributed by atoms with E-state index >= 15 is 0 Å². The molecule has 1 aliphatic rings. The fraction of sp³-hybridized carbons (Fsp3) is 0.462. The summed E-state index contributed by atoms with van der Waals surface area (Å²) < 4.78 is 1.09. The van der Waals surface area contributed by atoms with Crippen LogP contribution in [0.4, 0.5) is 0 Å². The van der Waals surface area contributed by atoms with E-state index in [1.165, 1.54) is 11.1 Å². The Morgan fingerprint density at radius 2 is 2.39 bits per heavy atom. The summed E-state index contributed by atoms with van der Waals surface area (Å²) in [5, 5.41) is 3.20. The number of nitrogens with one attached hydrogen (secondary N) is 1. The van der Waals surface area contributed by atoms with Crippen molar-refractivity contribution >= 4 is 21.8 Å². The lowest BCUT2D eigenvalue weighted by Crippen LogP contribution is -2.56. The van der Waals surface area contributed by atoms with E-state index in [0.29, 0.717) is 6.54 Å². The van der Waals surface area contributed by atoms with Gasteiger partial charge in [-0.25, -0.2) is 0 Å². The Bertz CT molecular complexity index is 450. The highest BCUT2D eigenvalue weighted by atomic mass is 79.9. The Balaban J connectivity index is 2.13. The van der Waals surface area contributed by atoms with Gasteiger partial charge >= 0.3 is 0 Å². The molecule has 4 nitrogen and oxygen atoms in total. The molecule has 2 rings (SSSR count). The highest BCUT2D eigenvalue weighted by molar-refractivity contribution is 9.10. The van der Waals surface area contributed by atoms with Crippen LogP contribution in [0, 0.1) is 6.92 Å². The van der Waals surface area contributed by atoms with Crippen molar-refractivity contribution in [2.24, 2.45) is 5.73 Å². The molecule has 1 aromatic rings. The van der Waals surface area contributed by atoms with Gasteiger partial charge in [-0.15, -0.1) is 0 Å². The largest absolute Gasteiger partial charge is 0.368 e. The maximum atomic E-state index is 11.4. The molecule has 1 aromatic carbocycles. The van der Waals surface area contributed by atoms with Crippen LogP contribution in [0.25, 0.3) is 0 Å². The number of hydrogen-bond acceptors (Lipinski definition) is 3. The number of nitrogens with zero attached hydrogens (tertiary/aromatic N) is 1. The second-order valence-electron chi connectivity index (χ2n) is 4.69. The normalized spacial score (nSPS) is 20.9. The standard InChI is InChI=1S/C13H18BrN3O/c1-9-2-3-10(11(14)6-9)8-17-5-4-16-7-12(17)13(15)18/h2-3,6,12,16H,4-5,7-8H2,1H3,(H2,15,18). The van der Waals surface area contributed by atoms with Crippen molar-refractivity contribution in [3.05, 3.63) is 33.8 Å². The van der Waals surface area contributed by atoms with E-state index in [9.17, 15) is 4.79 Å². The Kier molecular flexibility index (Phi) is 4.37. The second kappa shape index (κ2) is 5.82. The minimum absolute atomic E-state index is 0.216. The monoisotopic (exact) mass is 311 g/mol. The molecule has 98 valence electrons. The van der Waals surface area contributed by atoms with Crippen LogP contribution in [-0.2, 0) is 11.3 Å². The maximum Gasteiger partial charge on any atom is 0.236 e. The van der Waals surface area contributed by atoms with Crippen molar-refractivity contribution in [2.75, 3.05) is 19.6 Å². The van der Waals surface area contributed by atoms with Gasteiger partial charge in [-0.2, -0.15) is 0 Å². The minimum Gasteiger partial charge on any atom is -0.368 e. The molecule has 0 saturated carbocycles. The fourth-order valence-electron chi connectivity index (χ4n) is 2.22. The first-order chi connectivity index (χ1) is 8.58. The van der Waals surface area contributed by atoms with E-state index in [1.807, 2.05) is 0 Å². The zero-order valence-corrected chi connectivity index (χ0v) is 12.0. The Labute approximate surface area is 116 Å². The Hall–Kier alpha value is -0.910. The Morgan fingerprint density at radius 1 is 1.61 bits per heavy atom. The molecule has 0 radical (unpaired) electrons. The highest BCUT2D eigenvalue weighted by Gasteiger charge is 2.26. The van der Waals surface area contributed by atoms with Gasteiger partial charge in [0.25, 0.3) is 0 Å². The van der Waals surface area contributed by atoms with Crippen molar-refractivity contribution in [1.29, 1.82) is 0 Å². The van der Waals surface area contributed by atoms with Gasteiger partial charge in [0.2, 0.25) is 5.91 Å². The summed E-state index contributed by atoms with van der Waals surface area (Å²) in [5.74, 6) is -0.259. The topological polar surface area (TPSA) is 58.4 Å². The van der Waals surface area contributed by atoms with Crippen LogP contribution in [0.15, 0.2) is 22.7 Å². The van der Waals surface area contributed by atoms with Crippen LogP contribution in [0.5, 0.6) is 0 Å². The number of amides is 1. The molecule has 0 aliphatic carbocycles. The second-order valence-corrected chi connectivity index (χ2v) is 5.54. The molecular formula is C13H18BrN3O. The van der Waals surface area contributed by atoms with Gasteiger partial charge in [0, 0.05) is 30.7 Å². The number of hydrogen-bond donors (Lipinski definition) is 2. The van der Waals surface area contributed by atoms with Gasteiger partial charge in [-0.05, 0) is 24.1 Å². The lowest BCUT2D eigenvalue weighted by atomic mass is 10.1. The van der Waals surface area contributed by atoms with Crippen LogP contribution in [0.3, 0.4) is 0 Å². The summed E-state index contributed by atoms with van der Waals surface area (Å²) >= 11 is 3.57. The summed E-state index contributed by atoms with van der Waals surface area (Å²) in [7, 11) is 0. The summed E-state index contributed by atoms with van der Waals surface area (Å²) in [6, 6.07) is 6.06. The third-order valence-corrected chi connectivity index (χ3v) is 4.00. The molecular weight excluding hydrogens is 294 g/mol. The third-order valence-electron chi connectivity index (χ3n) is 3.26. The lowest BCUT2D eigenvalue weighted by Gasteiger charge is -2.34. The van der Waals surface area contributed by atoms with Crippen molar-refractivity contribution in [1.82, 2.24) is 10.2 Å². The van der Waals surface area contributed by atoms with E-state index in [0.717, 1.165) is 24.1 Å². The quantitative estimate of drug-likeness (QED) is 0.876. The van der Waals surface area contributed by atoms with E-state index in [1.54, 1.807) is 0 Å². The average molecular weight is 312 g/mol. The van der Waals surface area contributed by atoms with Gasteiger partial charge in [-0.3, -0.25) is 9.69 Å². The fourth-order valence-corrected chi connectivity index (χ4v) is 2.83. The number of aryl methyl sites for hydroxylation is 1. The molecule has 0 aromatic heterocycles. The average Bonchev–Trinajstić information content (AvgIpc) is 2.33. The molecule has 3 N–H and O–H groups in total. The number of piperazine rings is 1. The highest BCUT2D eigenvalue weighted by Crippen LogP contribution is 2.21. The number of nitrogens with two attached hydrogens (primary N) is 1. The number of rotatable bonds is 3. The van der Waals surface area contributed by atoms with E-state index in [2.05, 4.69) is 51.3 Å². The van der Waals surface area contributed by atoms with E-state index < -0.39 is 0 Å². The predicted octanol–water partition coefficient (Wildman–Crippen LogP) is 1.02. The molecule has 1 saturated heterocycles. The Morgan fingerprint density at radius 3 is 3.06 bits per heavy atom. The number of halogens is 1. The molecule has 0 bridgehead atoms. The van der Waals surface area contributed by atoms with Crippen LogP contribution < -0.4 is 11.1 Å². The molecule has 5 heteroatoms. The van der Waals surface area contributed by atoms with Crippen molar-refractivity contribution in [2.45, 2.75) is 19.5 Å². The summed E-state index contributed by atoms with van der Waals surface area (Å²) in [6.45, 7) is 5.18. The summed E-state index contributed by atoms with van der Waals surface area (Å²) in [4.78, 5) is 13.6. The number of primary amides is 1. The molecule has 1 fully saturated rings. The summed E-state index contributed by atoms with van der Waals surface area (Å²) in [5.41, 5.74) is 7.85. The molecule has 18 heavy (non-hydrogen) atoms. The number of carbonyl (C=O) groups is 1. The first-order valence-corrected chi connectivity index (χ1v) is 6.86. The van der Waals surface area contributed by atoms with Crippen molar-refractivity contribution < 1.29 is 4.79 Å². The molecule has 1 atom stereocenters. The molecule has 1 aliphatic heterocycles. The first-order valence-electron chi connectivity index (χ1n) is 6.07. The number of carbonyl (C=O) groups excluding carboxylic acids is 1. The molecule has 1 heterocycles. The van der Waals surface area contributed by atoms with Gasteiger partial charge < -0.3 is 11.1 Å². The number of benzene rings is 1. The zero-order chi connectivity index (χ0) is 13.1. The van der Waals surface area contributed by atoms with Gasteiger partial charge in [0.15, 0.2) is 0 Å². The van der Waals surface area contributed by atoms with E-state index in [-0.39, 0.29) is 11.9 Å². The van der Waals surface area contributed by atoms with Crippen molar-refractivity contribution in [3.63, 3.8) is 0 Å². The summed E-state index contributed by atoms with van der Waals surface area (Å²) in [6.07, 6.45) is 0.